The number of ether oxygens (including phenoxy) is 2. The number of methoxy groups -OCH3 is 1. The highest BCUT2D eigenvalue weighted by molar-refractivity contribution is 5.42. The van der Waals surface area contributed by atoms with E-state index in [0.717, 1.165) is 13.1 Å². The summed E-state index contributed by atoms with van der Waals surface area (Å²) >= 11 is 0. The van der Waals surface area contributed by atoms with Crippen LogP contribution in [0.15, 0.2) is 18.2 Å². The Morgan fingerprint density at radius 3 is 2.63 bits per heavy atom. The van der Waals surface area contributed by atoms with Crippen molar-refractivity contribution in [3.8, 4) is 11.5 Å². The third-order valence-electron chi connectivity index (χ3n) is 2.85. The third kappa shape index (κ3) is 3.74. The number of hydrogen-bond acceptors (Lipinski definition) is 4. The summed E-state index contributed by atoms with van der Waals surface area (Å²) in [5.41, 5.74) is 0.649. The van der Waals surface area contributed by atoms with Crippen molar-refractivity contribution < 1.29 is 22.6 Å². The van der Waals surface area contributed by atoms with Gasteiger partial charge in [0.2, 0.25) is 0 Å². The summed E-state index contributed by atoms with van der Waals surface area (Å²) in [5, 5.41) is 6.39. The zero-order valence-corrected chi connectivity index (χ0v) is 10.4. The lowest BCUT2D eigenvalue weighted by atomic mass is 10.0. The summed E-state index contributed by atoms with van der Waals surface area (Å²) in [6, 6.07) is 3.98. The Morgan fingerprint density at radius 2 is 2.05 bits per heavy atom. The largest absolute Gasteiger partial charge is 0.573 e. The Morgan fingerprint density at radius 1 is 1.26 bits per heavy atom. The van der Waals surface area contributed by atoms with Crippen molar-refractivity contribution in [1.82, 2.24) is 10.6 Å². The molecule has 106 valence electrons. The Hall–Kier alpha value is -1.47. The molecule has 0 aromatic heterocycles. The molecule has 2 rings (SSSR count). The van der Waals surface area contributed by atoms with Gasteiger partial charge in [0.25, 0.3) is 0 Å². The Labute approximate surface area is 108 Å². The van der Waals surface area contributed by atoms with Gasteiger partial charge in [-0.3, -0.25) is 0 Å². The molecule has 0 radical (unpaired) electrons. The maximum Gasteiger partial charge on any atom is 0.573 e. The van der Waals surface area contributed by atoms with E-state index < -0.39 is 6.36 Å². The number of halogens is 3. The van der Waals surface area contributed by atoms with Gasteiger partial charge >= 0.3 is 6.36 Å². The van der Waals surface area contributed by atoms with Crippen LogP contribution >= 0.6 is 0 Å². The number of benzene rings is 1. The highest BCUT2D eigenvalue weighted by atomic mass is 19.4. The number of hydrogen-bond donors (Lipinski definition) is 2. The van der Waals surface area contributed by atoms with E-state index in [2.05, 4.69) is 15.4 Å². The second-order valence-electron chi connectivity index (χ2n) is 4.16. The van der Waals surface area contributed by atoms with Crippen LogP contribution in [0.4, 0.5) is 13.2 Å². The summed E-state index contributed by atoms with van der Waals surface area (Å²) < 4.78 is 45.8. The first-order chi connectivity index (χ1) is 8.99. The molecule has 0 saturated carbocycles. The molecule has 0 bridgehead atoms. The molecule has 1 atom stereocenters. The molecule has 4 nitrogen and oxygen atoms in total. The predicted molar refractivity (Wildman–Crippen MR) is 63.3 cm³/mol. The van der Waals surface area contributed by atoms with Crippen molar-refractivity contribution in [2.24, 2.45) is 0 Å². The van der Waals surface area contributed by atoms with E-state index in [-0.39, 0.29) is 11.8 Å². The standard InChI is InChI=1S/C12H15F3N2O2/c1-18-11-3-2-8(19-12(13,14)15)6-9(11)10-7-16-4-5-17-10/h2-3,6,10,16-17H,4-5,7H2,1H3/t10-/m1/s1. The first-order valence-electron chi connectivity index (χ1n) is 5.87. The Kier molecular flexibility index (Phi) is 4.16. The molecule has 0 unspecified atom stereocenters. The molecule has 0 aliphatic carbocycles. The molecule has 1 heterocycles. The lowest BCUT2D eigenvalue weighted by molar-refractivity contribution is -0.274. The number of nitrogens with one attached hydrogen (secondary N) is 2. The summed E-state index contributed by atoms with van der Waals surface area (Å²) in [6.45, 7) is 2.21. The molecule has 19 heavy (non-hydrogen) atoms. The highest BCUT2D eigenvalue weighted by Gasteiger charge is 2.31. The molecule has 7 heteroatoms. The van der Waals surface area contributed by atoms with Crippen LogP contribution in [0.1, 0.15) is 11.6 Å². The zero-order chi connectivity index (χ0) is 13.9. The minimum Gasteiger partial charge on any atom is -0.496 e. The van der Waals surface area contributed by atoms with Gasteiger partial charge in [0.05, 0.1) is 7.11 Å². The SMILES string of the molecule is COc1ccc(OC(F)(F)F)cc1[C@H]1CNCCN1. The minimum absolute atomic E-state index is 0.0968. The van der Waals surface area contributed by atoms with Gasteiger partial charge in [-0.2, -0.15) is 0 Å². The maximum atomic E-state index is 12.2. The van der Waals surface area contributed by atoms with Crippen LogP contribution in [0.2, 0.25) is 0 Å². The van der Waals surface area contributed by atoms with Crippen LogP contribution in [0.3, 0.4) is 0 Å². The van der Waals surface area contributed by atoms with E-state index in [0.29, 0.717) is 17.9 Å². The quantitative estimate of drug-likeness (QED) is 0.884. The summed E-state index contributed by atoms with van der Waals surface area (Å²) in [6.07, 6.45) is -4.69. The van der Waals surface area contributed by atoms with E-state index >= 15 is 0 Å². The molecule has 1 fully saturated rings. The first kappa shape index (κ1) is 14.0. The van der Waals surface area contributed by atoms with Gasteiger partial charge in [-0.25, -0.2) is 0 Å². The van der Waals surface area contributed by atoms with E-state index in [1.54, 1.807) is 0 Å². The van der Waals surface area contributed by atoms with Gasteiger partial charge < -0.3 is 20.1 Å². The number of rotatable bonds is 3. The molecular weight excluding hydrogens is 261 g/mol. The fourth-order valence-electron chi connectivity index (χ4n) is 2.06. The van der Waals surface area contributed by atoms with E-state index in [9.17, 15) is 13.2 Å². The smallest absolute Gasteiger partial charge is 0.496 e. The van der Waals surface area contributed by atoms with Gasteiger partial charge in [0.1, 0.15) is 11.5 Å². The fourth-order valence-corrected chi connectivity index (χ4v) is 2.06. The van der Waals surface area contributed by atoms with Gasteiger partial charge in [0.15, 0.2) is 0 Å². The van der Waals surface area contributed by atoms with E-state index in [4.69, 9.17) is 4.74 Å². The van der Waals surface area contributed by atoms with Crippen LogP contribution in [-0.4, -0.2) is 33.1 Å². The zero-order valence-electron chi connectivity index (χ0n) is 10.4. The molecule has 1 aliphatic heterocycles. The van der Waals surface area contributed by atoms with Crippen molar-refractivity contribution in [3.05, 3.63) is 23.8 Å². The molecule has 1 aromatic rings. The van der Waals surface area contributed by atoms with Crippen LogP contribution in [-0.2, 0) is 0 Å². The van der Waals surface area contributed by atoms with Crippen molar-refractivity contribution in [2.75, 3.05) is 26.7 Å². The molecule has 1 aromatic carbocycles. The van der Waals surface area contributed by atoms with E-state index in [1.165, 1.54) is 25.3 Å². The Balaban J connectivity index is 2.25. The Bertz CT molecular complexity index is 431. The molecule has 1 saturated heterocycles. The second kappa shape index (κ2) is 5.66. The van der Waals surface area contributed by atoms with Crippen LogP contribution in [0.25, 0.3) is 0 Å². The maximum absolute atomic E-state index is 12.2. The fraction of sp³-hybridized carbons (Fsp3) is 0.500. The average molecular weight is 276 g/mol. The molecule has 0 spiro atoms. The number of piperazine rings is 1. The van der Waals surface area contributed by atoms with Crippen molar-refractivity contribution >= 4 is 0 Å². The number of alkyl halides is 3. The second-order valence-corrected chi connectivity index (χ2v) is 4.16. The van der Waals surface area contributed by atoms with Gasteiger partial charge in [0, 0.05) is 31.2 Å². The van der Waals surface area contributed by atoms with Crippen molar-refractivity contribution in [3.63, 3.8) is 0 Å². The van der Waals surface area contributed by atoms with Crippen molar-refractivity contribution in [2.45, 2.75) is 12.4 Å². The molecular formula is C12H15F3N2O2. The third-order valence-corrected chi connectivity index (χ3v) is 2.85. The molecule has 0 amide bonds. The predicted octanol–water partition coefficient (Wildman–Crippen LogP) is 1.83. The van der Waals surface area contributed by atoms with E-state index in [1.807, 2.05) is 0 Å². The molecule has 1 aliphatic rings. The summed E-state index contributed by atoms with van der Waals surface area (Å²) in [7, 11) is 1.49. The normalized spacial score (nSPS) is 20.1. The first-order valence-corrected chi connectivity index (χ1v) is 5.87. The molecule has 2 N–H and O–H groups in total. The highest BCUT2D eigenvalue weighted by Crippen LogP contribution is 2.32. The van der Waals surface area contributed by atoms with Crippen LogP contribution in [0.5, 0.6) is 11.5 Å². The van der Waals surface area contributed by atoms with Gasteiger partial charge in [-0.1, -0.05) is 0 Å². The van der Waals surface area contributed by atoms with Crippen LogP contribution in [0, 0.1) is 0 Å². The summed E-state index contributed by atoms with van der Waals surface area (Å²) in [4.78, 5) is 0. The monoisotopic (exact) mass is 276 g/mol. The summed E-state index contributed by atoms with van der Waals surface area (Å²) in [5.74, 6) is 0.298. The average Bonchev–Trinajstić information content (AvgIpc) is 2.38. The lowest BCUT2D eigenvalue weighted by Crippen LogP contribution is -2.42. The topological polar surface area (TPSA) is 42.5 Å². The lowest BCUT2D eigenvalue weighted by Gasteiger charge is -2.26. The van der Waals surface area contributed by atoms with Crippen molar-refractivity contribution in [1.29, 1.82) is 0 Å². The van der Waals surface area contributed by atoms with Crippen LogP contribution < -0.4 is 20.1 Å². The van der Waals surface area contributed by atoms with Gasteiger partial charge in [-0.05, 0) is 18.2 Å². The van der Waals surface area contributed by atoms with Gasteiger partial charge in [-0.15, -0.1) is 13.2 Å². The minimum atomic E-state index is -4.69.